The molecular formula is C15H23N. The van der Waals surface area contributed by atoms with Crippen LogP contribution in [-0.2, 0) is 6.42 Å². The average molecular weight is 217 g/mol. The van der Waals surface area contributed by atoms with Gasteiger partial charge in [0.15, 0.2) is 0 Å². The topological polar surface area (TPSA) is 12.0 Å². The maximum Gasteiger partial charge on any atom is -0.00436 e. The highest BCUT2D eigenvalue weighted by Gasteiger charge is 2.26. The molecule has 1 aliphatic rings. The molecule has 1 nitrogen and oxygen atoms in total. The van der Waals surface area contributed by atoms with E-state index in [1.165, 1.54) is 49.0 Å². The van der Waals surface area contributed by atoms with Gasteiger partial charge in [0.2, 0.25) is 0 Å². The van der Waals surface area contributed by atoms with E-state index in [0.717, 1.165) is 0 Å². The quantitative estimate of drug-likeness (QED) is 0.802. The van der Waals surface area contributed by atoms with Crippen LogP contribution in [0.4, 0.5) is 0 Å². The minimum absolute atomic E-state index is 0.507. The standard InChI is InChI=1S/C15H23N/c1-12-4-5-14(10-13(12)2)11-15(3)6-8-16-9-7-15/h4-5,10,16H,6-9,11H2,1-3H3. The number of piperidine rings is 1. The van der Waals surface area contributed by atoms with E-state index in [-0.39, 0.29) is 0 Å². The molecule has 0 radical (unpaired) electrons. The van der Waals surface area contributed by atoms with Crippen LogP contribution in [-0.4, -0.2) is 13.1 Å². The summed E-state index contributed by atoms with van der Waals surface area (Å²) in [5, 5.41) is 3.45. The van der Waals surface area contributed by atoms with Gasteiger partial charge < -0.3 is 5.32 Å². The molecule has 1 aromatic rings. The Labute approximate surface area is 99.3 Å². The second-order valence-corrected chi connectivity index (χ2v) is 5.66. The number of aryl methyl sites for hydroxylation is 2. The molecule has 1 N–H and O–H groups in total. The Morgan fingerprint density at radius 3 is 2.44 bits per heavy atom. The summed E-state index contributed by atoms with van der Waals surface area (Å²) >= 11 is 0. The Balaban J connectivity index is 2.10. The van der Waals surface area contributed by atoms with Crippen molar-refractivity contribution in [1.82, 2.24) is 5.32 Å². The van der Waals surface area contributed by atoms with E-state index in [4.69, 9.17) is 0 Å². The molecule has 1 saturated heterocycles. The molecule has 88 valence electrons. The highest BCUT2D eigenvalue weighted by Crippen LogP contribution is 2.32. The van der Waals surface area contributed by atoms with Gasteiger partial charge in [-0.15, -0.1) is 0 Å². The molecule has 1 heterocycles. The highest BCUT2D eigenvalue weighted by atomic mass is 14.9. The van der Waals surface area contributed by atoms with E-state index in [9.17, 15) is 0 Å². The molecule has 0 aliphatic carbocycles. The van der Waals surface area contributed by atoms with Gasteiger partial charge >= 0.3 is 0 Å². The number of rotatable bonds is 2. The van der Waals surface area contributed by atoms with E-state index >= 15 is 0 Å². The molecule has 0 atom stereocenters. The lowest BCUT2D eigenvalue weighted by Gasteiger charge is -2.34. The van der Waals surface area contributed by atoms with Crippen LogP contribution in [0.2, 0.25) is 0 Å². The normalized spacial score (nSPS) is 19.7. The first-order valence-electron chi connectivity index (χ1n) is 6.36. The summed E-state index contributed by atoms with van der Waals surface area (Å²) < 4.78 is 0. The maximum atomic E-state index is 3.45. The van der Waals surface area contributed by atoms with Crippen molar-refractivity contribution >= 4 is 0 Å². The zero-order valence-electron chi connectivity index (χ0n) is 10.8. The van der Waals surface area contributed by atoms with Gasteiger partial charge in [-0.05, 0) is 68.3 Å². The van der Waals surface area contributed by atoms with E-state index in [2.05, 4.69) is 44.3 Å². The van der Waals surface area contributed by atoms with E-state index in [1.54, 1.807) is 0 Å². The molecule has 1 aliphatic heterocycles. The molecule has 1 aromatic carbocycles. The summed E-state index contributed by atoms with van der Waals surface area (Å²) in [5.74, 6) is 0. The minimum atomic E-state index is 0.507. The number of hydrogen-bond acceptors (Lipinski definition) is 1. The van der Waals surface area contributed by atoms with E-state index in [0.29, 0.717) is 5.41 Å². The fourth-order valence-corrected chi connectivity index (χ4v) is 2.61. The van der Waals surface area contributed by atoms with E-state index in [1.807, 2.05) is 0 Å². The molecule has 0 amide bonds. The van der Waals surface area contributed by atoms with Crippen LogP contribution >= 0.6 is 0 Å². The number of hydrogen-bond donors (Lipinski definition) is 1. The molecule has 2 rings (SSSR count). The van der Waals surface area contributed by atoms with Crippen molar-refractivity contribution in [2.45, 2.75) is 40.0 Å². The van der Waals surface area contributed by atoms with Gasteiger partial charge in [-0.2, -0.15) is 0 Å². The Hall–Kier alpha value is -0.820. The third kappa shape index (κ3) is 2.65. The van der Waals surface area contributed by atoms with Crippen LogP contribution in [0.15, 0.2) is 18.2 Å². The lowest BCUT2D eigenvalue weighted by Crippen LogP contribution is -2.36. The fourth-order valence-electron chi connectivity index (χ4n) is 2.61. The molecule has 0 spiro atoms. The van der Waals surface area contributed by atoms with Crippen molar-refractivity contribution in [1.29, 1.82) is 0 Å². The van der Waals surface area contributed by atoms with Gasteiger partial charge in [0.25, 0.3) is 0 Å². The van der Waals surface area contributed by atoms with Crippen molar-refractivity contribution < 1.29 is 0 Å². The van der Waals surface area contributed by atoms with Gasteiger partial charge in [0.05, 0.1) is 0 Å². The first-order valence-corrected chi connectivity index (χ1v) is 6.36. The summed E-state index contributed by atoms with van der Waals surface area (Å²) in [6.45, 7) is 9.20. The monoisotopic (exact) mass is 217 g/mol. The Kier molecular flexibility index (Phi) is 3.34. The zero-order chi connectivity index (χ0) is 11.6. The lowest BCUT2D eigenvalue weighted by atomic mass is 9.76. The van der Waals surface area contributed by atoms with Crippen molar-refractivity contribution in [2.24, 2.45) is 5.41 Å². The zero-order valence-corrected chi connectivity index (χ0v) is 10.8. The van der Waals surface area contributed by atoms with Crippen molar-refractivity contribution in [2.75, 3.05) is 13.1 Å². The number of nitrogens with one attached hydrogen (secondary N) is 1. The Bertz CT molecular complexity index is 362. The van der Waals surface area contributed by atoms with Crippen molar-refractivity contribution in [3.8, 4) is 0 Å². The third-order valence-electron chi connectivity index (χ3n) is 4.01. The largest absolute Gasteiger partial charge is 0.317 e. The second kappa shape index (κ2) is 4.58. The SMILES string of the molecule is Cc1ccc(CC2(C)CCNCC2)cc1C. The van der Waals surface area contributed by atoms with Crippen LogP contribution in [0.3, 0.4) is 0 Å². The predicted molar refractivity (Wildman–Crippen MR) is 69.8 cm³/mol. The molecular weight excluding hydrogens is 194 g/mol. The molecule has 0 unspecified atom stereocenters. The van der Waals surface area contributed by atoms with Crippen LogP contribution < -0.4 is 5.32 Å². The maximum absolute atomic E-state index is 3.45. The van der Waals surface area contributed by atoms with E-state index < -0.39 is 0 Å². The van der Waals surface area contributed by atoms with Crippen molar-refractivity contribution in [3.05, 3.63) is 34.9 Å². The van der Waals surface area contributed by atoms with Gasteiger partial charge in [0.1, 0.15) is 0 Å². The smallest absolute Gasteiger partial charge is 0.00436 e. The van der Waals surface area contributed by atoms with Crippen LogP contribution in [0.25, 0.3) is 0 Å². The Morgan fingerprint density at radius 1 is 1.12 bits per heavy atom. The summed E-state index contributed by atoms with van der Waals surface area (Å²) in [6.07, 6.45) is 3.84. The lowest BCUT2D eigenvalue weighted by molar-refractivity contribution is 0.228. The molecule has 0 bridgehead atoms. The highest BCUT2D eigenvalue weighted by molar-refractivity contribution is 5.30. The van der Waals surface area contributed by atoms with Gasteiger partial charge in [-0.3, -0.25) is 0 Å². The molecule has 1 fully saturated rings. The predicted octanol–water partition coefficient (Wildman–Crippen LogP) is 3.24. The van der Waals surface area contributed by atoms with Crippen LogP contribution in [0.1, 0.15) is 36.5 Å². The first-order chi connectivity index (χ1) is 7.59. The summed E-state index contributed by atoms with van der Waals surface area (Å²) in [5.41, 5.74) is 4.84. The van der Waals surface area contributed by atoms with Gasteiger partial charge in [-0.1, -0.05) is 25.1 Å². The van der Waals surface area contributed by atoms with Crippen LogP contribution in [0, 0.1) is 19.3 Å². The first kappa shape index (κ1) is 11.7. The summed E-state index contributed by atoms with van der Waals surface area (Å²) in [7, 11) is 0. The molecule has 16 heavy (non-hydrogen) atoms. The van der Waals surface area contributed by atoms with Gasteiger partial charge in [-0.25, -0.2) is 0 Å². The molecule has 0 saturated carbocycles. The fraction of sp³-hybridized carbons (Fsp3) is 0.600. The van der Waals surface area contributed by atoms with Gasteiger partial charge in [0, 0.05) is 0 Å². The Morgan fingerprint density at radius 2 is 1.81 bits per heavy atom. The summed E-state index contributed by atoms with van der Waals surface area (Å²) in [4.78, 5) is 0. The molecule has 0 aromatic heterocycles. The number of benzene rings is 1. The third-order valence-corrected chi connectivity index (χ3v) is 4.01. The average Bonchev–Trinajstić information content (AvgIpc) is 2.24. The molecule has 1 heteroatoms. The van der Waals surface area contributed by atoms with Crippen LogP contribution in [0.5, 0.6) is 0 Å². The summed E-state index contributed by atoms with van der Waals surface area (Å²) in [6, 6.07) is 6.92. The van der Waals surface area contributed by atoms with Crippen molar-refractivity contribution in [3.63, 3.8) is 0 Å². The minimum Gasteiger partial charge on any atom is -0.317 e. The second-order valence-electron chi connectivity index (χ2n) is 5.66.